The van der Waals surface area contributed by atoms with E-state index in [-0.39, 0.29) is 18.3 Å². The Balaban J connectivity index is 2.01. The standard InChI is InChI=1S/C14H15N3O4/c1-9(18)15-10-3-2-4-11(7-10)16-14-17-12(8-21-14)5-6-13(19)20/h2-4,7-8H,5-6H2,1H3,(H,15,18)(H,16,17)(H,19,20). The molecule has 1 aromatic heterocycles. The number of rotatable bonds is 6. The van der Waals surface area contributed by atoms with Gasteiger partial charge in [-0.15, -0.1) is 0 Å². The van der Waals surface area contributed by atoms with Gasteiger partial charge in [-0.2, -0.15) is 4.98 Å². The van der Waals surface area contributed by atoms with E-state index in [2.05, 4.69) is 15.6 Å². The van der Waals surface area contributed by atoms with Gasteiger partial charge in [0.25, 0.3) is 6.01 Å². The number of hydrogen-bond donors (Lipinski definition) is 3. The molecule has 0 saturated carbocycles. The first-order valence-corrected chi connectivity index (χ1v) is 6.34. The van der Waals surface area contributed by atoms with E-state index < -0.39 is 5.97 Å². The Labute approximate surface area is 121 Å². The molecule has 0 atom stereocenters. The van der Waals surface area contributed by atoms with Crippen LogP contribution in [0.2, 0.25) is 0 Å². The third-order valence-electron chi connectivity index (χ3n) is 2.58. The van der Waals surface area contributed by atoms with Gasteiger partial charge in [-0.25, -0.2) is 0 Å². The number of hydrogen-bond acceptors (Lipinski definition) is 5. The molecule has 0 unspecified atom stereocenters. The summed E-state index contributed by atoms with van der Waals surface area (Å²) in [6.45, 7) is 1.43. The first-order chi connectivity index (χ1) is 10.0. The summed E-state index contributed by atoms with van der Waals surface area (Å²) in [4.78, 5) is 25.6. The topological polar surface area (TPSA) is 104 Å². The lowest BCUT2D eigenvalue weighted by Crippen LogP contribution is -2.05. The van der Waals surface area contributed by atoms with Crippen molar-refractivity contribution in [1.82, 2.24) is 4.98 Å². The van der Waals surface area contributed by atoms with Gasteiger partial charge in [-0.3, -0.25) is 9.59 Å². The molecule has 2 rings (SSSR count). The smallest absolute Gasteiger partial charge is 0.303 e. The van der Waals surface area contributed by atoms with Crippen molar-refractivity contribution in [2.75, 3.05) is 10.6 Å². The zero-order valence-corrected chi connectivity index (χ0v) is 11.4. The highest BCUT2D eigenvalue weighted by Crippen LogP contribution is 2.20. The van der Waals surface area contributed by atoms with Crippen LogP contribution in [0.5, 0.6) is 0 Å². The monoisotopic (exact) mass is 289 g/mol. The largest absolute Gasteiger partial charge is 0.481 e. The molecular formula is C14H15N3O4. The second-order valence-electron chi connectivity index (χ2n) is 4.42. The number of benzene rings is 1. The number of aliphatic carboxylic acids is 1. The Hall–Kier alpha value is -2.83. The minimum absolute atomic E-state index is 0.00396. The van der Waals surface area contributed by atoms with Crippen LogP contribution < -0.4 is 10.6 Å². The lowest BCUT2D eigenvalue weighted by atomic mass is 10.2. The van der Waals surface area contributed by atoms with E-state index in [9.17, 15) is 9.59 Å². The van der Waals surface area contributed by atoms with Crippen molar-refractivity contribution >= 4 is 29.3 Å². The fraction of sp³-hybridized carbons (Fsp3) is 0.214. The Morgan fingerprint density at radius 1 is 1.33 bits per heavy atom. The number of carboxylic acid groups (broad SMARTS) is 1. The highest BCUT2D eigenvalue weighted by molar-refractivity contribution is 5.89. The Kier molecular flexibility index (Phi) is 4.55. The van der Waals surface area contributed by atoms with Crippen molar-refractivity contribution < 1.29 is 19.1 Å². The van der Waals surface area contributed by atoms with E-state index in [1.807, 2.05) is 0 Å². The molecule has 0 radical (unpaired) electrons. The molecule has 7 heteroatoms. The second kappa shape index (κ2) is 6.56. The van der Waals surface area contributed by atoms with Gasteiger partial charge in [-0.1, -0.05) is 6.07 Å². The van der Waals surface area contributed by atoms with Crippen molar-refractivity contribution in [2.24, 2.45) is 0 Å². The summed E-state index contributed by atoms with van der Waals surface area (Å²) in [6, 6.07) is 7.35. The molecule has 0 aliphatic heterocycles. The van der Waals surface area contributed by atoms with Gasteiger partial charge >= 0.3 is 5.97 Å². The van der Waals surface area contributed by atoms with Gasteiger partial charge in [0.1, 0.15) is 6.26 Å². The Bertz CT molecular complexity index is 651. The molecule has 0 bridgehead atoms. The van der Waals surface area contributed by atoms with Crippen LogP contribution in [0.4, 0.5) is 17.4 Å². The van der Waals surface area contributed by atoms with Crippen LogP contribution in [0, 0.1) is 0 Å². The third kappa shape index (κ3) is 4.64. The number of anilines is 3. The first kappa shape index (κ1) is 14.6. The lowest BCUT2D eigenvalue weighted by Gasteiger charge is -2.05. The van der Waals surface area contributed by atoms with Crippen molar-refractivity contribution in [3.8, 4) is 0 Å². The van der Waals surface area contributed by atoms with Crippen LogP contribution in [0.15, 0.2) is 34.9 Å². The molecule has 0 fully saturated rings. The number of nitrogens with zero attached hydrogens (tertiary/aromatic N) is 1. The van der Waals surface area contributed by atoms with Gasteiger partial charge in [0.15, 0.2) is 0 Å². The van der Waals surface area contributed by atoms with Crippen molar-refractivity contribution in [1.29, 1.82) is 0 Å². The van der Waals surface area contributed by atoms with E-state index in [0.29, 0.717) is 23.5 Å². The second-order valence-corrected chi connectivity index (χ2v) is 4.42. The number of aryl methyl sites for hydroxylation is 1. The Morgan fingerprint density at radius 2 is 2.10 bits per heavy atom. The summed E-state index contributed by atoms with van der Waals surface area (Å²) in [5.74, 6) is -1.03. The third-order valence-corrected chi connectivity index (χ3v) is 2.58. The predicted octanol–water partition coefficient (Wildman–Crippen LogP) is 2.39. The lowest BCUT2D eigenvalue weighted by molar-refractivity contribution is -0.137. The zero-order valence-electron chi connectivity index (χ0n) is 11.4. The maximum atomic E-state index is 11.0. The molecule has 7 nitrogen and oxygen atoms in total. The van der Waals surface area contributed by atoms with Crippen LogP contribution in [0.3, 0.4) is 0 Å². The SMILES string of the molecule is CC(=O)Nc1cccc(Nc2nc(CCC(=O)O)co2)c1. The first-order valence-electron chi connectivity index (χ1n) is 6.34. The van der Waals surface area contributed by atoms with E-state index in [0.717, 1.165) is 0 Å². The quantitative estimate of drug-likeness (QED) is 0.754. The van der Waals surface area contributed by atoms with Crippen LogP contribution >= 0.6 is 0 Å². The molecule has 0 spiro atoms. The minimum Gasteiger partial charge on any atom is -0.481 e. The maximum Gasteiger partial charge on any atom is 0.303 e. The number of nitrogens with one attached hydrogen (secondary N) is 2. The summed E-state index contributed by atoms with van der Waals surface area (Å²) in [6.07, 6.45) is 1.74. The summed E-state index contributed by atoms with van der Waals surface area (Å²) < 4.78 is 5.22. The summed E-state index contributed by atoms with van der Waals surface area (Å²) >= 11 is 0. The molecule has 1 amide bonds. The molecule has 110 valence electrons. The molecule has 2 aromatic rings. The predicted molar refractivity (Wildman–Crippen MR) is 76.5 cm³/mol. The number of carboxylic acids is 1. The van der Waals surface area contributed by atoms with Crippen LogP contribution in [0.1, 0.15) is 19.0 Å². The average Bonchev–Trinajstić information content (AvgIpc) is 2.83. The summed E-state index contributed by atoms with van der Waals surface area (Å²) in [5, 5.41) is 14.2. The highest BCUT2D eigenvalue weighted by atomic mass is 16.4. The number of amides is 1. The molecule has 0 aliphatic rings. The van der Waals surface area contributed by atoms with Crippen molar-refractivity contribution in [3.63, 3.8) is 0 Å². The van der Waals surface area contributed by atoms with Gasteiger partial charge in [-0.05, 0) is 18.2 Å². The van der Waals surface area contributed by atoms with Gasteiger partial charge in [0, 0.05) is 24.7 Å². The number of aromatic nitrogens is 1. The number of oxazole rings is 1. The number of carbonyl (C=O) groups is 2. The summed E-state index contributed by atoms with van der Waals surface area (Å²) in [5.41, 5.74) is 1.93. The highest BCUT2D eigenvalue weighted by Gasteiger charge is 2.07. The normalized spacial score (nSPS) is 10.1. The minimum atomic E-state index is -0.879. The maximum absolute atomic E-state index is 11.0. The molecule has 0 saturated heterocycles. The number of carbonyl (C=O) groups excluding carboxylic acids is 1. The van der Waals surface area contributed by atoms with Crippen molar-refractivity contribution in [2.45, 2.75) is 19.8 Å². The molecule has 1 heterocycles. The molecule has 1 aromatic carbocycles. The molecular weight excluding hydrogens is 274 g/mol. The van der Waals surface area contributed by atoms with Crippen LogP contribution in [0.25, 0.3) is 0 Å². The fourth-order valence-electron chi connectivity index (χ4n) is 1.72. The fourth-order valence-corrected chi connectivity index (χ4v) is 1.72. The molecule has 0 aliphatic carbocycles. The van der Waals surface area contributed by atoms with Gasteiger partial charge in [0.05, 0.1) is 12.1 Å². The van der Waals surface area contributed by atoms with E-state index >= 15 is 0 Å². The van der Waals surface area contributed by atoms with E-state index in [1.165, 1.54) is 13.2 Å². The Morgan fingerprint density at radius 3 is 2.81 bits per heavy atom. The zero-order chi connectivity index (χ0) is 15.2. The van der Waals surface area contributed by atoms with E-state index in [1.54, 1.807) is 24.3 Å². The van der Waals surface area contributed by atoms with Gasteiger partial charge < -0.3 is 20.2 Å². The van der Waals surface area contributed by atoms with Crippen molar-refractivity contribution in [3.05, 3.63) is 36.2 Å². The molecule has 21 heavy (non-hydrogen) atoms. The van der Waals surface area contributed by atoms with E-state index in [4.69, 9.17) is 9.52 Å². The average molecular weight is 289 g/mol. The van der Waals surface area contributed by atoms with Gasteiger partial charge in [0.2, 0.25) is 5.91 Å². The molecule has 3 N–H and O–H groups in total. The summed E-state index contributed by atoms with van der Waals surface area (Å²) in [7, 11) is 0. The van der Waals surface area contributed by atoms with Crippen LogP contribution in [-0.2, 0) is 16.0 Å². The van der Waals surface area contributed by atoms with Crippen LogP contribution in [-0.4, -0.2) is 22.0 Å².